The van der Waals surface area contributed by atoms with Crippen LogP contribution in [-0.4, -0.2) is 49.1 Å². The van der Waals surface area contributed by atoms with Crippen LogP contribution in [0, 0.1) is 6.92 Å². The number of nitrogens with zero attached hydrogens (tertiary/aromatic N) is 2. The topological polar surface area (TPSA) is 39.7 Å². The van der Waals surface area contributed by atoms with Gasteiger partial charge in [-0.2, -0.15) is 0 Å². The third-order valence-electron chi connectivity index (χ3n) is 5.03. The maximum absolute atomic E-state index is 4.38. The minimum absolute atomic E-state index is 0. The number of aliphatic imine (C=N–C) groups is 1. The number of aryl methyl sites for hydroxylation is 1. The Morgan fingerprint density at radius 2 is 1.96 bits per heavy atom. The number of benzene rings is 1. The second-order valence-corrected chi connectivity index (χ2v) is 7.09. The lowest BCUT2D eigenvalue weighted by molar-refractivity contribution is 0.256. The van der Waals surface area contributed by atoms with Crippen LogP contribution in [0.25, 0.3) is 0 Å². The van der Waals surface area contributed by atoms with Gasteiger partial charge in [0.15, 0.2) is 5.96 Å². The molecule has 4 nitrogen and oxygen atoms in total. The van der Waals surface area contributed by atoms with Crippen LogP contribution in [0.15, 0.2) is 29.3 Å². The molecule has 0 amide bonds. The number of nitrogens with one attached hydrogen (secondary N) is 2. The molecule has 1 aromatic rings. The van der Waals surface area contributed by atoms with E-state index in [1.807, 2.05) is 7.05 Å². The number of hydrogen-bond donors (Lipinski definition) is 2. The highest BCUT2D eigenvalue weighted by Crippen LogP contribution is 2.33. The molecule has 1 aliphatic heterocycles. The molecule has 2 atom stereocenters. The zero-order valence-electron chi connectivity index (χ0n) is 15.1. The molecule has 1 aliphatic carbocycles. The summed E-state index contributed by atoms with van der Waals surface area (Å²) >= 11 is 0. The Morgan fingerprint density at radius 3 is 2.58 bits per heavy atom. The lowest BCUT2D eigenvalue weighted by Gasteiger charge is -2.20. The maximum atomic E-state index is 4.38. The van der Waals surface area contributed by atoms with Crippen molar-refractivity contribution in [3.63, 3.8) is 0 Å². The summed E-state index contributed by atoms with van der Waals surface area (Å²) in [6.45, 7) is 6.55. The number of guanidine groups is 1. The van der Waals surface area contributed by atoms with Crippen LogP contribution in [0.1, 0.15) is 37.3 Å². The van der Waals surface area contributed by atoms with E-state index in [1.165, 1.54) is 30.4 Å². The van der Waals surface area contributed by atoms with Crippen molar-refractivity contribution in [3.05, 3.63) is 35.4 Å². The third-order valence-corrected chi connectivity index (χ3v) is 5.03. The largest absolute Gasteiger partial charge is 0.356 e. The monoisotopic (exact) mass is 442 g/mol. The van der Waals surface area contributed by atoms with E-state index < -0.39 is 0 Å². The summed E-state index contributed by atoms with van der Waals surface area (Å²) in [5.41, 5.74) is 2.68. The van der Waals surface area contributed by atoms with E-state index in [9.17, 15) is 0 Å². The van der Waals surface area contributed by atoms with E-state index in [1.54, 1.807) is 0 Å². The summed E-state index contributed by atoms with van der Waals surface area (Å²) in [6, 6.07) is 10.8. The molecule has 24 heavy (non-hydrogen) atoms. The van der Waals surface area contributed by atoms with Crippen molar-refractivity contribution in [2.45, 2.75) is 57.7 Å². The second kappa shape index (κ2) is 9.04. The Hall–Kier alpha value is -0.820. The molecule has 0 bridgehead atoms. The predicted molar refractivity (Wildman–Crippen MR) is 112 cm³/mol. The van der Waals surface area contributed by atoms with Crippen LogP contribution >= 0.6 is 24.0 Å². The zero-order valence-corrected chi connectivity index (χ0v) is 17.4. The average Bonchev–Trinajstić information content (AvgIpc) is 3.32. The van der Waals surface area contributed by atoms with Crippen molar-refractivity contribution in [3.8, 4) is 0 Å². The SMILES string of the molecule is CN=C(NCCc1ccc(C)cc1)NC1CC(C)N(C2CC2)C1.I. The second-order valence-electron chi connectivity index (χ2n) is 7.09. The van der Waals surface area contributed by atoms with Gasteiger partial charge in [-0.3, -0.25) is 9.89 Å². The Balaban J connectivity index is 0.00000208. The molecule has 0 radical (unpaired) electrons. The minimum Gasteiger partial charge on any atom is -0.356 e. The standard InChI is InChI=1S/C19H30N4.HI/c1-14-4-6-16(7-5-14)10-11-21-19(20-3)22-17-12-15(2)23(13-17)18-8-9-18;/h4-7,15,17-18H,8-13H2,1-3H3,(H2,20,21,22);1H. The van der Waals surface area contributed by atoms with Crippen LogP contribution in [0.3, 0.4) is 0 Å². The zero-order chi connectivity index (χ0) is 16.2. The molecule has 0 aromatic heterocycles. The Morgan fingerprint density at radius 1 is 1.25 bits per heavy atom. The molecule has 2 fully saturated rings. The quantitative estimate of drug-likeness (QED) is 0.419. The molecular weight excluding hydrogens is 411 g/mol. The highest BCUT2D eigenvalue weighted by molar-refractivity contribution is 14.0. The minimum atomic E-state index is 0. The van der Waals surface area contributed by atoms with Crippen molar-refractivity contribution in [1.29, 1.82) is 0 Å². The van der Waals surface area contributed by atoms with Crippen molar-refractivity contribution >= 4 is 29.9 Å². The number of rotatable bonds is 5. The van der Waals surface area contributed by atoms with Gasteiger partial charge in [0.05, 0.1) is 0 Å². The summed E-state index contributed by atoms with van der Waals surface area (Å²) in [5, 5.41) is 7.06. The highest BCUT2D eigenvalue weighted by atomic mass is 127. The summed E-state index contributed by atoms with van der Waals surface area (Å²) in [6.07, 6.45) is 5.02. The van der Waals surface area contributed by atoms with E-state index >= 15 is 0 Å². The Bertz CT molecular complexity index is 539. The van der Waals surface area contributed by atoms with Gasteiger partial charge in [-0.05, 0) is 45.1 Å². The number of halogens is 1. The summed E-state index contributed by atoms with van der Waals surface area (Å²) in [7, 11) is 1.86. The summed E-state index contributed by atoms with van der Waals surface area (Å²) in [5.74, 6) is 0.937. The number of likely N-dealkylation sites (tertiary alicyclic amines) is 1. The molecule has 134 valence electrons. The predicted octanol–water partition coefficient (Wildman–Crippen LogP) is 2.95. The molecule has 1 heterocycles. The first kappa shape index (κ1) is 19.5. The first-order chi connectivity index (χ1) is 11.2. The summed E-state index contributed by atoms with van der Waals surface area (Å²) in [4.78, 5) is 7.05. The van der Waals surface area contributed by atoms with E-state index in [2.05, 4.69) is 58.6 Å². The van der Waals surface area contributed by atoms with E-state index in [0.29, 0.717) is 12.1 Å². The fraction of sp³-hybridized carbons (Fsp3) is 0.632. The van der Waals surface area contributed by atoms with Gasteiger partial charge in [-0.25, -0.2) is 0 Å². The van der Waals surface area contributed by atoms with Crippen LogP contribution in [0.5, 0.6) is 0 Å². The van der Waals surface area contributed by atoms with Gasteiger partial charge in [0.1, 0.15) is 0 Å². The van der Waals surface area contributed by atoms with Crippen LogP contribution in [0.2, 0.25) is 0 Å². The van der Waals surface area contributed by atoms with E-state index in [0.717, 1.165) is 31.5 Å². The average molecular weight is 442 g/mol. The van der Waals surface area contributed by atoms with Crippen molar-refractivity contribution in [2.24, 2.45) is 4.99 Å². The highest BCUT2D eigenvalue weighted by Gasteiger charge is 2.38. The first-order valence-electron chi connectivity index (χ1n) is 8.94. The fourth-order valence-electron chi connectivity index (χ4n) is 3.54. The molecule has 0 spiro atoms. The van der Waals surface area contributed by atoms with Crippen LogP contribution in [0.4, 0.5) is 0 Å². The molecule has 2 unspecified atom stereocenters. The summed E-state index contributed by atoms with van der Waals surface area (Å²) < 4.78 is 0. The molecule has 3 rings (SSSR count). The molecule has 1 aromatic carbocycles. The lowest BCUT2D eigenvalue weighted by Crippen LogP contribution is -2.45. The Kier molecular flexibility index (Phi) is 7.34. The molecule has 1 saturated carbocycles. The van der Waals surface area contributed by atoms with Gasteiger partial charge in [-0.15, -0.1) is 24.0 Å². The van der Waals surface area contributed by atoms with Gasteiger partial charge >= 0.3 is 0 Å². The van der Waals surface area contributed by atoms with Gasteiger partial charge < -0.3 is 10.6 Å². The fourth-order valence-corrected chi connectivity index (χ4v) is 3.54. The van der Waals surface area contributed by atoms with E-state index in [-0.39, 0.29) is 24.0 Å². The lowest BCUT2D eigenvalue weighted by atomic mass is 10.1. The van der Waals surface area contributed by atoms with Crippen molar-refractivity contribution in [1.82, 2.24) is 15.5 Å². The number of hydrogen-bond acceptors (Lipinski definition) is 2. The smallest absolute Gasteiger partial charge is 0.191 e. The van der Waals surface area contributed by atoms with Crippen LogP contribution in [-0.2, 0) is 6.42 Å². The van der Waals surface area contributed by atoms with E-state index in [4.69, 9.17) is 0 Å². The van der Waals surface area contributed by atoms with Gasteiger partial charge in [0, 0.05) is 38.3 Å². The molecule has 1 saturated heterocycles. The first-order valence-corrected chi connectivity index (χ1v) is 8.94. The molecule has 2 aliphatic rings. The normalized spacial score (nSPS) is 24.5. The molecule has 2 N–H and O–H groups in total. The van der Waals surface area contributed by atoms with Crippen molar-refractivity contribution in [2.75, 3.05) is 20.1 Å². The van der Waals surface area contributed by atoms with Crippen molar-refractivity contribution < 1.29 is 0 Å². The van der Waals surface area contributed by atoms with Gasteiger partial charge in [0.25, 0.3) is 0 Å². The third kappa shape index (κ3) is 5.34. The Labute approximate surface area is 163 Å². The maximum Gasteiger partial charge on any atom is 0.191 e. The molecule has 5 heteroatoms. The van der Waals surface area contributed by atoms with Gasteiger partial charge in [-0.1, -0.05) is 29.8 Å². The van der Waals surface area contributed by atoms with Crippen LogP contribution < -0.4 is 10.6 Å². The molecular formula is C19H31IN4. The van der Waals surface area contributed by atoms with Gasteiger partial charge in [0.2, 0.25) is 0 Å².